The van der Waals surface area contributed by atoms with Crippen LogP contribution in [-0.2, 0) is 0 Å². The normalized spacial score (nSPS) is 15.7. The van der Waals surface area contributed by atoms with Crippen LogP contribution >= 0.6 is 0 Å². The molecule has 0 amide bonds. The SMILES string of the molecule is C#Cc1cc(C2CC2)ccc1C. The second-order valence-electron chi connectivity index (χ2n) is 3.49. The van der Waals surface area contributed by atoms with E-state index in [1.807, 2.05) is 0 Å². The highest BCUT2D eigenvalue weighted by Crippen LogP contribution is 2.40. The van der Waals surface area contributed by atoms with E-state index in [0.717, 1.165) is 11.5 Å². The average Bonchev–Trinajstić information content (AvgIpc) is 2.88. The molecule has 0 heteroatoms. The van der Waals surface area contributed by atoms with Gasteiger partial charge in [0.15, 0.2) is 0 Å². The number of aryl methyl sites for hydroxylation is 1. The highest BCUT2D eigenvalue weighted by Gasteiger charge is 2.23. The molecule has 0 atom stereocenters. The Hall–Kier alpha value is -1.22. The van der Waals surface area contributed by atoms with Gasteiger partial charge in [-0.3, -0.25) is 0 Å². The highest BCUT2D eigenvalue weighted by atomic mass is 14.3. The van der Waals surface area contributed by atoms with Gasteiger partial charge in [-0.05, 0) is 42.9 Å². The van der Waals surface area contributed by atoms with E-state index in [1.54, 1.807) is 0 Å². The zero-order chi connectivity index (χ0) is 8.55. The summed E-state index contributed by atoms with van der Waals surface area (Å²) < 4.78 is 0. The number of terminal acetylenes is 1. The average molecular weight is 156 g/mol. The number of hydrogen-bond donors (Lipinski definition) is 0. The van der Waals surface area contributed by atoms with Gasteiger partial charge in [0.2, 0.25) is 0 Å². The van der Waals surface area contributed by atoms with Crippen molar-refractivity contribution in [3.8, 4) is 12.3 Å². The third kappa shape index (κ3) is 1.23. The van der Waals surface area contributed by atoms with Crippen LogP contribution in [0.3, 0.4) is 0 Å². The molecule has 60 valence electrons. The van der Waals surface area contributed by atoms with Crippen LogP contribution in [0.15, 0.2) is 18.2 Å². The molecule has 1 fully saturated rings. The van der Waals surface area contributed by atoms with E-state index >= 15 is 0 Å². The standard InChI is InChI=1S/C12H12/c1-3-10-8-12(11-6-7-11)5-4-9(10)2/h1,4-5,8,11H,6-7H2,2H3. The smallest absolute Gasteiger partial charge is 0.0274 e. The summed E-state index contributed by atoms with van der Waals surface area (Å²) >= 11 is 0. The zero-order valence-electron chi connectivity index (χ0n) is 7.30. The Morgan fingerprint density at radius 3 is 2.75 bits per heavy atom. The van der Waals surface area contributed by atoms with Crippen LogP contribution in [-0.4, -0.2) is 0 Å². The lowest BCUT2D eigenvalue weighted by molar-refractivity contribution is 1.12. The Labute approximate surface area is 73.6 Å². The fourth-order valence-corrected chi connectivity index (χ4v) is 1.47. The molecule has 1 aromatic carbocycles. The van der Waals surface area contributed by atoms with E-state index in [-0.39, 0.29) is 0 Å². The lowest BCUT2D eigenvalue weighted by atomic mass is 10.0. The van der Waals surface area contributed by atoms with Crippen molar-refractivity contribution in [2.45, 2.75) is 25.7 Å². The fourth-order valence-electron chi connectivity index (χ4n) is 1.47. The van der Waals surface area contributed by atoms with E-state index in [9.17, 15) is 0 Å². The molecule has 0 radical (unpaired) electrons. The first kappa shape index (κ1) is 7.43. The summed E-state index contributed by atoms with van der Waals surface area (Å²) in [5.74, 6) is 3.52. The molecule has 12 heavy (non-hydrogen) atoms. The van der Waals surface area contributed by atoms with Crippen LogP contribution in [0.1, 0.15) is 35.4 Å². The second-order valence-corrected chi connectivity index (χ2v) is 3.49. The minimum absolute atomic E-state index is 0.803. The summed E-state index contributed by atoms with van der Waals surface area (Å²) in [5.41, 5.74) is 3.69. The predicted octanol–water partition coefficient (Wildman–Crippen LogP) is 2.85. The zero-order valence-corrected chi connectivity index (χ0v) is 7.30. The maximum atomic E-state index is 5.39. The number of hydrogen-bond acceptors (Lipinski definition) is 0. The quantitative estimate of drug-likeness (QED) is 0.548. The van der Waals surface area contributed by atoms with Gasteiger partial charge in [0.05, 0.1) is 0 Å². The summed E-state index contributed by atoms with van der Waals surface area (Å²) in [6.07, 6.45) is 8.07. The van der Waals surface area contributed by atoms with Crippen LogP contribution in [0.4, 0.5) is 0 Å². The largest absolute Gasteiger partial charge is 0.115 e. The van der Waals surface area contributed by atoms with Gasteiger partial charge in [-0.15, -0.1) is 6.42 Å². The molecular formula is C12H12. The molecule has 0 spiro atoms. The van der Waals surface area contributed by atoms with Gasteiger partial charge in [-0.25, -0.2) is 0 Å². The predicted molar refractivity (Wildman–Crippen MR) is 51.1 cm³/mol. The van der Waals surface area contributed by atoms with Crippen molar-refractivity contribution in [1.82, 2.24) is 0 Å². The molecule has 2 rings (SSSR count). The third-order valence-corrected chi connectivity index (χ3v) is 2.47. The lowest BCUT2D eigenvalue weighted by Crippen LogP contribution is -1.85. The molecule has 0 saturated heterocycles. The van der Waals surface area contributed by atoms with Crippen LogP contribution < -0.4 is 0 Å². The molecule has 0 nitrogen and oxygen atoms in total. The maximum Gasteiger partial charge on any atom is 0.0274 e. The first-order chi connectivity index (χ1) is 5.81. The van der Waals surface area contributed by atoms with Gasteiger partial charge >= 0.3 is 0 Å². The topological polar surface area (TPSA) is 0 Å². The Morgan fingerprint density at radius 2 is 2.17 bits per heavy atom. The summed E-state index contributed by atoms with van der Waals surface area (Å²) in [5, 5.41) is 0. The number of benzene rings is 1. The summed E-state index contributed by atoms with van der Waals surface area (Å²) in [7, 11) is 0. The first-order valence-electron chi connectivity index (χ1n) is 4.38. The summed E-state index contributed by atoms with van der Waals surface area (Å²) in [4.78, 5) is 0. The van der Waals surface area contributed by atoms with E-state index < -0.39 is 0 Å². The van der Waals surface area contributed by atoms with Crippen LogP contribution in [0, 0.1) is 19.3 Å². The first-order valence-corrected chi connectivity index (χ1v) is 4.38. The minimum Gasteiger partial charge on any atom is -0.115 e. The maximum absolute atomic E-state index is 5.39. The van der Waals surface area contributed by atoms with Crippen molar-refractivity contribution in [2.24, 2.45) is 0 Å². The van der Waals surface area contributed by atoms with Crippen LogP contribution in [0.5, 0.6) is 0 Å². The summed E-state index contributed by atoms with van der Waals surface area (Å²) in [6.45, 7) is 2.06. The molecule has 0 aliphatic heterocycles. The molecule has 0 aromatic heterocycles. The Morgan fingerprint density at radius 1 is 1.42 bits per heavy atom. The van der Waals surface area contributed by atoms with Gasteiger partial charge in [0.1, 0.15) is 0 Å². The molecule has 1 saturated carbocycles. The van der Waals surface area contributed by atoms with E-state index in [1.165, 1.54) is 24.0 Å². The van der Waals surface area contributed by atoms with E-state index in [4.69, 9.17) is 6.42 Å². The van der Waals surface area contributed by atoms with Crippen molar-refractivity contribution in [2.75, 3.05) is 0 Å². The van der Waals surface area contributed by atoms with Crippen LogP contribution in [0.25, 0.3) is 0 Å². The van der Waals surface area contributed by atoms with Gasteiger partial charge in [-0.1, -0.05) is 18.1 Å². The molecular weight excluding hydrogens is 144 g/mol. The molecule has 0 unspecified atom stereocenters. The Balaban J connectivity index is 2.42. The fraction of sp³-hybridized carbons (Fsp3) is 0.333. The number of rotatable bonds is 1. The third-order valence-electron chi connectivity index (χ3n) is 2.47. The van der Waals surface area contributed by atoms with Crippen molar-refractivity contribution >= 4 is 0 Å². The highest BCUT2D eigenvalue weighted by molar-refractivity contribution is 5.43. The van der Waals surface area contributed by atoms with E-state index in [0.29, 0.717) is 0 Å². The molecule has 0 N–H and O–H groups in total. The van der Waals surface area contributed by atoms with E-state index in [2.05, 4.69) is 31.0 Å². The molecule has 0 heterocycles. The molecule has 0 bridgehead atoms. The van der Waals surface area contributed by atoms with Gasteiger partial charge < -0.3 is 0 Å². The summed E-state index contributed by atoms with van der Waals surface area (Å²) in [6, 6.07) is 6.49. The van der Waals surface area contributed by atoms with Gasteiger partial charge in [0, 0.05) is 5.56 Å². The Kier molecular flexibility index (Phi) is 1.66. The van der Waals surface area contributed by atoms with Crippen LogP contribution in [0.2, 0.25) is 0 Å². The van der Waals surface area contributed by atoms with Crippen molar-refractivity contribution in [3.63, 3.8) is 0 Å². The second kappa shape index (κ2) is 2.68. The molecule has 1 aliphatic rings. The van der Waals surface area contributed by atoms with Crippen molar-refractivity contribution in [1.29, 1.82) is 0 Å². The van der Waals surface area contributed by atoms with Crippen molar-refractivity contribution < 1.29 is 0 Å². The van der Waals surface area contributed by atoms with Gasteiger partial charge in [0.25, 0.3) is 0 Å². The van der Waals surface area contributed by atoms with Gasteiger partial charge in [-0.2, -0.15) is 0 Å². The molecule has 1 aliphatic carbocycles. The monoisotopic (exact) mass is 156 g/mol. The molecule has 1 aromatic rings. The van der Waals surface area contributed by atoms with Crippen molar-refractivity contribution in [3.05, 3.63) is 34.9 Å². The minimum atomic E-state index is 0.803. The Bertz CT molecular complexity index is 338. The lowest BCUT2D eigenvalue weighted by Gasteiger charge is -2.01.